The third kappa shape index (κ3) is 4.33. The predicted molar refractivity (Wildman–Crippen MR) is 78.9 cm³/mol. The molecule has 2 N–H and O–H groups in total. The van der Waals surface area contributed by atoms with Crippen molar-refractivity contribution in [2.24, 2.45) is 5.92 Å². The van der Waals surface area contributed by atoms with Crippen molar-refractivity contribution in [2.75, 3.05) is 10.6 Å². The number of rotatable bonds is 5. The van der Waals surface area contributed by atoms with Gasteiger partial charge >= 0.3 is 0 Å². The monoisotopic (exact) mass is 303 g/mol. The Bertz CT molecular complexity index is 663. The van der Waals surface area contributed by atoms with Crippen molar-refractivity contribution in [2.45, 2.75) is 27.3 Å². The van der Waals surface area contributed by atoms with Crippen LogP contribution in [-0.2, 0) is 16.1 Å². The van der Waals surface area contributed by atoms with Crippen LogP contribution in [0.5, 0.6) is 0 Å². The molecule has 0 aliphatic rings. The van der Waals surface area contributed by atoms with Gasteiger partial charge in [-0.05, 0) is 6.92 Å². The molecule has 0 unspecified atom stereocenters. The number of anilines is 2. The van der Waals surface area contributed by atoms with E-state index in [2.05, 4.69) is 30.9 Å². The Kier molecular flexibility index (Phi) is 4.77. The molecule has 0 bridgehead atoms. The van der Waals surface area contributed by atoms with Crippen LogP contribution in [0, 0.1) is 12.8 Å². The Morgan fingerprint density at radius 3 is 2.55 bits per heavy atom. The molecule has 0 saturated heterocycles. The molecule has 0 spiro atoms. The van der Waals surface area contributed by atoms with Crippen molar-refractivity contribution in [1.29, 1.82) is 0 Å². The largest absolute Gasteiger partial charge is 0.322 e. The van der Waals surface area contributed by atoms with E-state index in [1.807, 2.05) is 0 Å². The number of aryl methyl sites for hydroxylation is 1. The fraction of sp³-hybridized carbons (Fsp3) is 0.385. The number of nitrogens with zero attached hydrogens (tertiary/aromatic N) is 5. The lowest BCUT2D eigenvalue weighted by atomic mass is 10.2. The van der Waals surface area contributed by atoms with Crippen molar-refractivity contribution in [1.82, 2.24) is 25.0 Å². The number of hydrogen-bond acceptors (Lipinski definition) is 6. The highest BCUT2D eigenvalue weighted by atomic mass is 16.2. The summed E-state index contributed by atoms with van der Waals surface area (Å²) < 4.78 is 1.33. The smallest absolute Gasteiger partial charge is 0.246 e. The van der Waals surface area contributed by atoms with Crippen LogP contribution in [0.4, 0.5) is 11.5 Å². The van der Waals surface area contributed by atoms with Crippen LogP contribution in [0.15, 0.2) is 18.6 Å². The first kappa shape index (κ1) is 15.5. The lowest BCUT2D eigenvalue weighted by Gasteiger charge is -2.04. The molecule has 0 fully saturated rings. The minimum absolute atomic E-state index is 0.0293. The molecule has 0 saturated carbocycles. The number of hydrogen-bond donors (Lipinski definition) is 2. The molecule has 0 radical (unpaired) electrons. The molecular weight excluding hydrogens is 286 g/mol. The van der Waals surface area contributed by atoms with Gasteiger partial charge in [-0.3, -0.25) is 9.59 Å². The number of nitrogens with one attached hydrogen (secondary N) is 2. The second kappa shape index (κ2) is 6.74. The second-order valence-electron chi connectivity index (χ2n) is 5.01. The normalized spacial score (nSPS) is 10.5. The topological polar surface area (TPSA) is 115 Å². The standard InChI is InChI=1S/C13H17N7O2/c1-8(2)13(22)17-11-6-20(19-18-11)7-12(21)16-10-4-14-9(3)15-5-10/h4-6,8H,7H2,1-3H3,(H,16,21)(H,17,22). The zero-order valence-corrected chi connectivity index (χ0v) is 12.6. The number of aromatic nitrogens is 5. The molecule has 2 amide bonds. The first-order valence-electron chi connectivity index (χ1n) is 6.73. The summed E-state index contributed by atoms with van der Waals surface area (Å²) in [6, 6.07) is 0. The first-order valence-corrected chi connectivity index (χ1v) is 6.73. The summed E-state index contributed by atoms with van der Waals surface area (Å²) in [5, 5.41) is 12.8. The highest BCUT2D eigenvalue weighted by molar-refractivity contribution is 5.91. The van der Waals surface area contributed by atoms with E-state index in [1.165, 1.54) is 23.3 Å². The minimum atomic E-state index is -0.293. The van der Waals surface area contributed by atoms with E-state index in [0.29, 0.717) is 17.3 Å². The average molecular weight is 303 g/mol. The van der Waals surface area contributed by atoms with Gasteiger partial charge in [0.05, 0.1) is 24.3 Å². The van der Waals surface area contributed by atoms with E-state index in [4.69, 9.17) is 0 Å². The molecule has 2 heterocycles. The summed E-state index contributed by atoms with van der Waals surface area (Å²) in [6.45, 7) is 5.28. The average Bonchev–Trinajstić information content (AvgIpc) is 2.88. The first-order chi connectivity index (χ1) is 10.4. The van der Waals surface area contributed by atoms with E-state index in [9.17, 15) is 9.59 Å². The molecule has 9 nitrogen and oxygen atoms in total. The van der Waals surface area contributed by atoms with Crippen molar-refractivity contribution < 1.29 is 9.59 Å². The van der Waals surface area contributed by atoms with Crippen LogP contribution in [0.25, 0.3) is 0 Å². The third-order valence-electron chi connectivity index (χ3n) is 2.68. The van der Waals surface area contributed by atoms with Gasteiger partial charge in [0.15, 0.2) is 5.82 Å². The summed E-state index contributed by atoms with van der Waals surface area (Å²) >= 11 is 0. The maximum Gasteiger partial charge on any atom is 0.246 e. The minimum Gasteiger partial charge on any atom is -0.322 e. The fourth-order valence-electron chi connectivity index (χ4n) is 1.51. The number of carbonyl (C=O) groups is 2. The summed E-state index contributed by atoms with van der Waals surface area (Å²) in [4.78, 5) is 31.4. The van der Waals surface area contributed by atoms with E-state index in [0.717, 1.165) is 0 Å². The number of carbonyl (C=O) groups excluding carboxylic acids is 2. The zero-order valence-electron chi connectivity index (χ0n) is 12.6. The van der Waals surface area contributed by atoms with Gasteiger partial charge in [-0.15, -0.1) is 5.10 Å². The Labute approximate surface area is 127 Å². The van der Waals surface area contributed by atoms with Gasteiger partial charge in [0.25, 0.3) is 0 Å². The van der Waals surface area contributed by atoms with Crippen LogP contribution < -0.4 is 10.6 Å². The summed E-state index contributed by atoms with van der Waals surface area (Å²) in [5.41, 5.74) is 0.504. The molecule has 0 aliphatic heterocycles. The van der Waals surface area contributed by atoms with Crippen LogP contribution in [0.1, 0.15) is 19.7 Å². The molecule has 2 aromatic rings. The lowest BCUT2D eigenvalue weighted by molar-refractivity contribution is -0.119. The molecule has 0 aliphatic carbocycles. The summed E-state index contributed by atoms with van der Waals surface area (Å²) in [6.07, 6.45) is 4.54. The quantitative estimate of drug-likeness (QED) is 0.836. The Morgan fingerprint density at radius 2 is 1.91 bits per heavy atom. The van der Waals surface area contributed by atoms with Crippen LogP contribution in [-0.4, -0.2) is 36.8 Å². The molecule has 9 heteroatoms. The maximum atomic E-state index is 11.9. The molecule has 2 rings (SSSR count). The SMILES string of the molecule is Cc1ncc(NC(=O)Cn2cc(NC(=O)C(C)C)nn2)cn1. The molecular formula is C13H17N7O2. The lowest BCUT2D eigenvalue weighted by Crippen LogP contribution is -2.19. The maximum absolute atomic E-state index is 11.9. The van der Waals surface area contributed by atoms with Gasteiger partial charge in [-0.1, -0.05) is 19.1 Å². The second-order valence-corrected chi connectivity index (χ2v) is 5.01. The van der Waals surface area contributed by atoms with E-state index < -0.39 is 0 Å². The van der Waals surface area contributed by atoms with Crippen LogP contribution in [0.3, 0.4) is 0 Å². The zero-order chi connectivity index (χ0) is 16.1. The van der Waals surface area contributed by atoms with Gasteiger partial charge in [-0.25, -0.2) is 14.6 Å². The van der Waals surface area contributed by atoms with E-state index in [-0.39, 0.29) is 24.3 Å². The van der Waals surface area contributed by atoms with E-state index in [1.54, 1.807) is 20.8 Å². The van der Waals surface area contributed by atoms with Gasteiger partial charge in [0, 0.05) is 5.92 Å². The molecule has 2 aromatic heterocycles. The van der Waals surface area contributed by atoms with Gasteiger partial charge < -0.3 is 10.6 Å². The van der Waals surface area contributed by atoms with Crippen molar-refractivity contribution in [3.05, 3.63) is 24.4 Å². The highest BCUT2D eigenvalue weighted by Gasteiger charge is 2.11. The molecule has 0 atom stereocenters. The highest BCUT2D eigenvalue weighted by Crippen LogP contribution is 2.05. The van der Waals surface area contributed by atoms with Crippen LogP contribution in [0.2, 0.25) is 0 Å². The van der Waals surface area contributed by atoms with Gasteiger partial charge in [0.2, 0.25) is 11.8 Å². The van der Waals surface area contributed by atoms with Crippen molar-refractivity contribution in [3.63, 3.8) is 0 Å². The van der Waals surface area contributed by atoms with Gasteiger partial charge in [-0.2, -0.15) is 0 Å². The Morgan fingerprint density at radius 1 is 1.23 bits per heavy atom. The Hall–Kier alpha value is -2.84. The van der Waals surface area contributed by atoms with E-state index >= 15 is 0 Å². The van der Waals surface area contributed by atoms with Gasteiger partial charge in [0.1, 0.15) is 12.4 Å². The summed E-state index contributed by atoms with van der Waals surface area (Å²) in [5.74, 6) is 0.326. The van der Waals surface area contributed by atoms with Crippen molar-refractivity contribution in [3.8, 4) is 0 Å². The molecule has 0 aromatic carbocycles. The molecule has 116 valence electrons. The number of amides is 2. The third-order valence-corrected chi connectivity index (χ3v) is 2.68. The summed E-state index contributed by atoms with van der Waals surface area (Å²) in [7, 11) is 0. The van der Waals surface area contributed by atoms with Crippen LogP contribution >= 0.6 is 0 Å². The predicted octanol–water partition coefficient (Wildman–Crippen LogP) is 0.610. The molecule has 22 heavy (non-hydrogen) atoms. The Balaban J connectivity index is 1.90. The van der Waals surface area contributed by atoms with Crippen molar-refractivity contribution >= 4 is 23.3 Å². The fourth-order valence-corrected chi connectivity index (χ4v) is 1.51.